The van der Waals surface area contributed by atoms with Crippen LogP contribution in [0, 0.1) is 5.92 Å². The molecule has 1 N–H and O–H groups in total. The number of rotatable bonds is 6. The molecule has 1 saturated carbocycles. The fourth-order valence-corrected chi connectivity index (χ4v) is 3.22. The molecule has 0 radical (unpaired) electrons. The van der Waals surface area contributed by atoms with Crippen LogP contribution in [0.2, 0.25) is 0 Å². The van der Waals surface area contributed by atoms with Crippen LogP contribution < -0.4 is 4.74 Å². The molecule has 1 unspecified atom stereocenters. The maximum atomic E-state index is 10.4. The number of ether oxygens (including phenoxy) is 1. The van der Waals surface area contributed by atoms with Crippen molar-refractivity contribution in [3.05, 3.63) is 29.8 Å². The number of methoxy groups -OCH3 is 1. The van der Waals surface area contributed by atoms with E-state index in [1.165, 1.54) is 32.1 Å². The molecule has 3 heteroatoms. The van der Waals surface area contributed by atoms with Crippen molar-refractivity contribution in [2.24, 2.45) is 5.92 Å². The maximum Gasteiger partial charge on any atom is 0.124 e. The number of likely N-dealkylation sites (N-methyl/N-ethyl adjacent to an activating group) is 1. The minimum atomic E-state index is -0.486. The molecular weight excluding hydrogens is 250 g/mol. The normalized spacial score (nSPS) is 18.2. The third kappa shape index (κ3) is 4.22. The number of nitrogens with zero attached hydrogens (tertiary/aromatic N) is 1. The zero-order valence-electron chi connectivity index (χ0n) is 12.7. The summed E-state index contributed by atoms with van der Waals surface area (Å²) in [7, 11) is 3.75. The molecule has 0 aromatic heterocycles. The molecule has 0 saturated heterocycles. The van der Waals surface area contributed by atoms with Crippen LogP contribution in [-0.4, -0.2) is 37.3 Å². The standard InChI is InChI=1S/C17H27NO2/c1-18(12-14-8-4-3-5-9-14)13-16(19)15-10-6-7-11-17(15)20-2/h6-7,10-11,14,16,19H,3-5,8-9,12-13H2,1-2H3. The number of para-hydroxylation sites is 1. The van der Waals surface area contributed by atoms with Crippen molar-refractivity contribution in [1.82, 2.24) is 4.90 Å². The second-order valence-corrected chi connectivity index (χ2v) is 5.98. The van der Waals surface area contributed by atoms with Crippen LogP contribution in [0.15, 0.2) is 24.3 Å². The highest BCUT2D eigenvalue weighted by Gasteiger charge is 2.19. The summed E-state index contributed by atoms with van der Waals surface area (Å²) in [5.74, 6) is 1.57. The molecule has 0 aliphatic heterocycles. The van der Waals surface area contributed by atoms with Gasteiger partial charge in [-0.3, -0.25) is 0 Å². The molecule has 112 valence electrons. The van der Waals surface area contributed by atoms with Gasteiger partial charge in [-0.05, 0) is 31.9 Å². The first-order valence-corrected chi connectivity index (χ1v) is 7.70. The first kappa shape index (κ1) is 15.3. The maximum absolute atomic E-state index is 10.4. The van der Waals surface area contributed by atoms with E-state index in [2.05, 4.69) is 11.9 Å². The van der Waals surface area contributed by atoms with E-state index in [-0.39, 0.29) is 0 Å². The Morgan fingerprint density at radius 2 is 1.95 bits per heavy atom. The fraction of sp³-hybridized carbons (Fsp3) is 0.647. The quantitative estimate of drug-likeness (QED) is 0.866. The minimum Gasteiger partial charge on any atom is -0.496 e. The second-order valence-electron chi connectivity index (χ2n) is 5.98. The fourth-order valence-electron chi connectivity index (χ4n) is 3.22. The molecule has 3 nitrogen and oxygen atoms in total. The average molecular weight is 277 g/mol. The summed E-state index contributed by atoms with van der Waals surface area (Å²) in [6, 6.07) is 7.72. The van der Waals surface area contributed by atoms with Gasteiger partial charge in [0, 0.05) is 18.7 Å². The number of hydrogen-bond acceptors (Lipinski definition) is 3. The molecule has 1 fully saturated rings. The monoisotopic (exact) mass is 277 g/mol. The number of aliphatic hydroxyl groups excluding tert-OH is 1. The summed E-state index contributed by atoms with van der Waals surface area (Å²) in [5.41, 5.74) is 0.880. The Morgan fingerprint density at radius 3 is 2.65 bits per heavy atom. The summed E-state index contributed by atoms with van der Waals surface area (Å²) in [4.78, 5) is 2.26. The summed E-state index contributed by atoms with van der Waals surface area (Å²) in [6.45, 7) is 1.75. The van der Waals surface area contributed by atoms with Crippen LogP contribution in [0.5, 0.6) is 5.75 Å². The molecule has 0 bridgehead atoms. The smallest absolute Gasteiger partial charge is 0.124 e. The Kier molecular flexibility index (Phi) is 5.86. The van der Waals surface area contributed by atoms with E-state index in [1.807, 2.05) is 24.3 Å². The topological polar surface area (TPSA) is 32.7 Å². The number of hydrogen-bond donors (Lipinski definition) is 1. The highest BCUT2D eigenvalue weighted by atomic mass is 16.5. The van der Waals surface area contributed by atoms with Crippen LogP contribution in [0.25, 0.3) is 0 Å². The Bertz CT molecular complexity index is 402. The van der Waals surface area contributed by atoms with Gasteiger partial charge in [0.1, 0.15) is 5.75 Å². The van der Waals surface area contributed by atoms with Crippen LogP contribution in [0.4, 0.5) is 0 Å². The van der Waals surface area contributed by atoms with E-state index in [4.69, 9.17) is 4.74 Å². The SMILES string of the molecule is COc1ccccc1C(O)CN(C)CC1CCCCC1. The lowest BCUT2D eigenvalue weighted by atomic mass is 9.89. The second kappa shape index (κ2) is 7.65. The first-order chi connectivity index (χ1) is 9.70. The third-order valence-electron chi connectivity index (χ3n) is 4.28. The third-order valence-corrected chi connectivity index (χ3v) is 4.28. The minimum absolute atomic E-state index is 0.486. The summed E-state index contributed by atoms with van der Waals surface area (Å²) in [6.07, 6.45) is 6.33. The molecule has 0 heterocycles. The first-order valence-electron chi connectivity index (χ1n) is 7.70. The predicted molar refractivity (Wildman–Crippen MR) is 82.0 cm³/mol. The van der Waals surface area contributed by atoms with Gasteiger partial charge in [-0.1, -0.05) is 37.5 Å². The van der Waals surface area contributed by atoms with Crippen molar-refractivity contribution in [2.45, 2.75) is 38.2 Å². The largest absolute Gasteiger partial charge is 0.496 e. The van der Waals surface area contributed by atoms with Gasteiger partial charge in [0.05, 0.1) is 13.2 Å². The van der Waals surface area contributed by atoms with Crippen LogP contribution in [0.1, 0.15) is 43.8 Å². The summed E-state index contributed by atoms with van der Waals surface area (Å²) in [5, 5.41) is 10.4. The van der Waals surface area contributed by atoms with Crippen LogP contribution in [-0.2, 0) is 0 Å². The zero-order valence-corrected chi connectivity index (χ0v) is 12.7. The Balaban J connectivity index is 1.87. The predicted octanol–water partition coefficient (Wildman–Crippen LogP) is 3.24. The molecule has 1 aromatic rings. The molecular formula is C17H27NO2. The van der Waals surface area contributed by atoms with Crippen molar-refractivity contribution in [3.63, 3.8) is 0 Å². The summed E-state index contributed by atoms with van der Waals surface area (Å²) < 4.78 is 5.32. The van der Waals surface area contributed by atoms with Crippen molar-refractivity contribution in [3.8, 4) is 5.75 Å². The van der Waals surface area contributed by atoms with Crippen molar-refractivity contribution < 1.29 is 9.84 Å². The van der Waals surface area contributed by atoms with Gasteiger partial charge >= 0.3 is 0 Å². The van der Waals surface area contributed by atoms with E-state index in [0.29, 0.717) is 6.54 Å². The van der Waals surface area contributed by atoms with Gasteiger partial charge < -0.3 is 14.7 Å². The van der Waals surface area contributed by atoms with Crippen molar-refractivity contribution >= 4 is 0 Å². The van der Waals surface area contributed by atoms with Gasteiger partial charge in [0.25, 0.3) is 0 Å². The summed E-state index contributed by atoms with van der Waals surface area (Å²) >= 11 is 0. The van der Waals surface area contributed by atoms with Gasteiger partial charge in [0.2, 0.25) is 0 Å². The van der Waals surface area contributed by atoms with Gasteiger partial charge in [-0.2, -0.15) is 0 Å². The molecule has 20 heavy (non-hydrogen) atoms. The van der Waals surface area contributed by atoms with Crippen molar-refractivity contribution in [2.75, 3.05) is 27.2 Å². The molecule has 0 spiro atoms. The molecule has 1 aromatic carbocycles. The van der Waals surface area contributed by atoms with Crippen LogP contribution >= 0.6 is 0 Å². The van der Waals surface area contributed by atoms with E-state index < -0.39 is 6.10 Å². The van der Waals surface area contributed by atoms with E-state index in [9.17, 15) is 5.11 Å². The number of benzene rings is 1. The number of aliphatic hydroxyl groups is 1. The van der Waals surface area contributed by atoms with Gasteiger partial charge in [0.15, 0.2) is 0 Å². The van der Waals surface area contributed by atoms with E-state index in [0.717, 1.165) is 23.8 Å². The van der Waals surface area contributed by atoms with E-state index >= 15 is 0 Å². The molecule has 0 amide bonds. The lowest BCUT2D eigenvalue weighted by Gasteiger charge is -2.28. The Labute approximate surface area is 122 Å². The van der Waals surface area contributed by atoms with Crippen LogP contribution in [0.3, 0.4) is 0 Å². The molecule has 1 aliphatic rings. The van der Waals surface area contributed by atoms with Crippen molar-refractivity contribution in [1.29, 1.82) is 0 Å². The lowest BCUT2D eigenvalue weighted by molar-refractivity contribution is 0.111. The zero-order chi connectivity index (χ0) is 14.4. The lowest BCUT2D eigenvalue weighted by Crippen LogP contribution is -2.30. The Hall–Kier alpha value is -1.06. The Morgan fingerprint density at radius 1 is 1.25 bits per heavy atom. The molecule has 2 rings (SSSR count). The molecule has 1 atom stereocenters. The highest BCUT2D eigenvalue weighted by molar-refractivity contribution is 5.35. The molecule has 1 aliphatic carbocycles. The van der Waals surface area contributed by atoms with Gasteiger partial charge in [-0.15, -0.1) is 0 Å². The van der Waals surface area contributed by atoms with Gasteiger partial charge in [-0.25, -0.2) is 0 Å². The van der Waals surface area contributed by atoms with E-state index in [1.54, 1.807) is 7.11 Å². The highest BCUT2D eigenvalue weighted by Crippen LogP contribution is 2.27. The average Bonchev–Trinajstić information content (AvgIpc) is 2.48.